The first-order valence-corrected chi connectivity index (χ1v) is 9.43. The summed E-state index contributed by atoms with van der Waals surface area (Å²) in [4.78, 5) is 5.04. The highest BCUT2D eigenvalue weighted by atomic mass is 16.5. The Morgan fingerprint density at radius 2 is 2.04 bits per heavy atom. The second-order valence-corrected chi connectivity index (χ2v) is 7.85. The van der Waals surface area contributed by atoms with E-state index < -0.39 is 0 Å². The average Bonchev–Trinajstić information content (AvgIpc) is 3.25. The van der Waals surface area contributed by atoms with Crippen molar-refractivity contribution in [1.82, 2.24) is 9.80 Å². The second kappa shape index (κ2) is 7.16. The third-order valence-electron chi connectivity index (χ3n) is 5.61. The molecule has 3 aliphatic rings. The molecule has 3 fully saturated rings. The summed E-state index contributed by atoms with van der Waals surface area (Å²) in [5.41, 5.74) is -0.122. The van der Waals surface area contributed by atoms with E-state index >= 15 is 0 Å². The number of hydrogen-bond acceptors (Lipinski definition) is 5. The van der Waals surface area contributed by atoms with Gasteiger partial charge in [-0.1, -0.05) is 0 Å². The van der Waals surface area contributed by atoms with E-state index in [4.69, 9.17) is 13.9 Å². The molecule has 24 heavy (non-hydrogen) atoms. The summed E-state index contributed by atoms with van der Waals surface area (Å²) in [7, 11) is 0. The molecule has 0 unspecified atom stereocenters. The van der Waals surface area contributed by atoms with Crippen molar-refractivity contribution in [1.29, 1.82) is 0 Å². The van der Waals surface area contributed by atoms with Crippen LogP contribution in [0, 0.1) is 12.8 Å². The minimum atomic E-state index is -0.122. The molecule has 1 spiro atoms. The Morgan fingerprint density at radius 3 is 2.83 bits per heavy atom. The first-order chi connectivity index (χ1) is 11.7. The number of rotatable bonds is 4. The van der Waals surface area contributed by atoms with E-state index in [9.17, 15) is 0 Å². The molecule has 1 aromatic rings. The fourth-order valence-corrected chi connectivity index (χ4v) is 4.51. The lowest BCUT2D eigenvalue weighted by Gasteiger charge is -2.31. The lowest BCUT2D eigenvalue weighted by Crippen LogP contribution is -2.44. The Balaban J connectivity index is 1.36. The lowest BCUT2D eigenvalue weighted by atomic mass is 9.94. The fourth-order valence-electron chi connectivity index (χ4n) is 4.51. The third kappa shape index (κ3) is 3.85. The molecule has 0 radical (unpaired) electrons. The van der Waals surface area contributed by atoms with E-state index in [1.54, 1.807) is 0 Å². The van der Waals surface area contributed by atoms with E-state index in [1.165, 1.54) is 32.5 Å². The van der Waals surface area contributed by atoms with Crippen molar-refractivity contribution in [3.8, 4) is 0 Å². The normalized spacial score (nSPS) is 32.6. The summed E-state index contributed by atoms with van der Waals surface area (Å²) in [5.74, 6) is 2.67. The fraction of sp³-hybridized carbons (Fsp3) is 0.789. The molecule has 1 aromatic heterocycles. The van der Waals surface area contributed by atoms with Crippen LogP contribution in [0.15, 0.2) is 16.5 Å². The van der Waals surface area contributed by atoms with Crippen LogP contribution in [0.3, 0.4) is 0 Å². The minimum absolute atomic E-state index is 0.122. The van der Waals surface area contributed by atoms with Gasteiger partial charge in [-0.25, -0.2) is 0 Å². The van der Waals surface area contributed by atoms with E-state index in [1.807, 2.05) is 13.0 Å². The molecule has 3 saturated heterocycles. The van der Waals surface area contributed by atoms with Crippen molar-refractivity contribution < 1.29 is 13.9 Å². The number of furan rings is 1. The first-order valence-electron chi connectivity index (χ1n) is 9.43. The van der Waals surface area contributed by atoms with Crippen LogP contribution in [-0.4, -0.2) is 67.9 Å². The highest BCUT2D eigenvalue weighted by Crippen LogP contribution is 2.34. The highest BCUT2D eigenvalue weighted by Gasteiger charge is 2.43. The van der Waals surface area contributed by atoms with Crippen LogP contribution in [0.25, 0.3) is 0 Å². The van der Waals surface area contributed by atoms with Crippen LogP contribution in [-0.2, 0) is 16.0 Å². The van der Waals surface area contributed by atoms with Crippen LogP contribution in [0.4, 0.5) is 0 Å². The molecule has 0 bridgehead atoms. The predicted octanol–water partition coefficient (Wildman–Crippen LogP) is 2.29. The number of hydrogen-bond donors (Lipinski definition) is 0. The Morgan fingerprint density at radius 1 is 1.17 bits per heavy atom. The van der Waals surface area contributed by atoms with Crippen molar-refractivity contribution >= 4 is 0 Å². The van der Waals surface area contributed by atoms with Gasteiger partial charge in [0.25, 0.3) is 0 Å². The molecule has 5 nitrogen and oxygen atoms in total. The van der Waals surface area contributed by atoms with Gasteiger partial charge in [0.2, 0.25) is 0 Å². The molecular weight excluding hydrogens is 304 g/mol. The van der Waals surface area contributed by atoms with Gasteiger partial charge in [-0.05, 0) is 57.3 Å². The Kier molecular flexibility index (Phi) is 4.95. The Bertz CT molecular complexity index is 540. The lowest BCUT2D eigenvalue weighted by molar-refractivity contribution is -0.0566. The van der Waals surface area contributed by atoms with Crippen molar-refractivity contribution in [2.45, 2.75) is 38.3 Å². The quantitative estimate of drug-likeness (QED) is 0.845. The summed E-state index contributed by atoms with van der Waals surface area (Å²) >= 11 is 0. The molecule has 2 atom stereocenters. The van der Waals surface area contributed by atoms with Crippen LogP contribution in [0.2, 0.25) is 0 Å². The maximum absolute atomic E-state index is 6.33. The van der Waals surface area contributed by atoms with E-state index in [0.29, 0.717) is 5.92 Å². The maximum atomic E-state index is 6.33. The van der Waals surface area contributed by atoms with Gasteiger partial charge in [-0.3, -0.25) is 4.90 Å². The number of nitrogens with zero attached hydrogens (tertiary/aromatic N) is 2. The second-order valence-electron chi connectivity index (χ2n) is 7.85. The standard InChI is InChI=1S/C19H30N2O3/c1-16-4-5-18(24-16)12-21-8-9-22-15-19(14-21)10-17(13-23-19)11-20-6-2-3-7-20/h4-5,17H,2-3,6-15H2,1H3/t17-,19+/m0/s1. The van der Waals surface area contributed by atoms with Gasteiger partial charge >= 0.3 is 0 Å². The van der Waals surface area contributed by atoms with Gasteiger partial charge in [-0.2, -0.15) is 0 Å². The molecule has 4 rings (SSSR count). The molecule has 3 aliphatic heterocycles. The summed E-state index contributed by atoms with van der Waals surface area (Å²) in [6.07, 6.45) is 3.84. The number of likely N-dealkylation sites (tertiary alicyclic amines) is 1. The first kappa shape index (κ1) is 16.6. The topological polar surface area (TPSA) is 38.1 Å². The van der Waals surface area contributed by atoms with Crippen LogP contribution >= 0.6 is 0 Å². The van der Waals surface area contributed by atoms with Gasteiger partial charge in [-0.15, -0.1) is 0 Å². The Hall–Kier alpha value is -0.880. The minimum Gasteiger partial charge on any atom is -0.465 e. The smallest absolute Gasteiger partial charge is 0.118 e. The summed E-state index contributed by atoms with van der Waals surface area (Å²) in [5, 5.41) is 0. The van der Waals surface area contributed by atoms with Crippen LogP contribution in [0.1, 0.15) is 30.8 Å². The monoisotopic (exact) mass is 334 g/mol. The Labute approximate surface area is 144 Å². The average molecular weight is 334 g/mol. The molecular formula is C19H30N2O3. The molecule has 0 N–H and O–H groups in total. The molecule has 0 saturated carbocycles. The van der Waals surface area contributed by atoms with Gasteiger partial charge in [0.1, 0.15) is 17.1 Å². The van der Waals surface area contributed by atoms with Crippen molar-refractivity contribution in [3.05, 3.63) is 23.7 Å². The largest absolute Gasteiger partial charge is 0.465 e. The maximum Gasteiger partial charge on any atom is 0.118 e. The number of aryl methyl sites for hydroxylation is 1. The zero-order valence-corrected chi connectivity index (χ0v) is 14.8. The molecule has 0 aromatic carbocycles. The predicted molar refractivity (Wildman–Crippen MR) is 92.0 cm³/mol. The SMILES string of the molecule is Cc1ccc(CN2CCOC[C@@]3(C[C@@H](CN4CCCC4)CO3)C2)o1. The van der Waals surface area contributed by atoms with Crippen molar-refractivity contribution in [3.63, 3.8) is 0 Å². The molecule has 134 valence electrons. The molecule has 5 heteroatoms. The molecule has 4 heterocycles. The summed E-state index contributed by atoms with van der Waals surface area (Å²) < 4.78 is 18.0. The third-order valence-corrected chi connectivity index (χ3v) is 5.61. The van der Waals surface area contributed by atoms with E-state index in [2.05, 4.69) is 15.9 Å². The van der Waals surface area contributed by atoms with E-state index in [0.717, 1.165) is 57.4 Å². The van der Waals surface area contributed by atoms with Gasteiger partial charge in [0.05, 0.1) is 26.4 Å². The zero-order valence-electron chi connectivity index (χ0n) is 14.8. The van der Waals surface area contributed by atoms with E-state index in [-0.39, 0.29) is 5.60 Å². The van der Waals surface area contributed by atoms with Crippen LogP contribution in [0.5, 0.6) is 0 Å². The molecule has 0 amide bonds. The van der Waals surface area contributed by atoms with Crippen molar-refractivity contribution in [2.24, 2.45) is 5.92 Å². The molecule has 0 aliphatic carbocycles. The highest BCUT2D eigenvalue weighted by molar-refractivity contribution is 5.06. The van der Waals surface area contributed by atoms with Gasteiger partial charge in [0, 0.05) is 19.6 Å². The summed E-state index contributed by atoms with van der Waals surface area (Å²) in [6, 6.07) is 4.12. The van der Waals surface area contributed by atoms with Crippen LogP contribution < -0.4 is 0 Å². The zero-order chi connectivity index (χ0) is 16.4. The van der Waals surface area contributed by atoms with Crippen molar-refractivity contribution in [2.75, 3.05) is 52.5 Å². The summed E-state index contributed by atoms with van der Waals surface area (Å²) in [6.45, 7) is 10.9. The number of ether oxygens (including phenoxy) is 2. The van der Waals surface area contributed by atoms with Gasteiger partial charge in [0.15, 0.2) is 0 Å². The van der Waals surface area contributed by atoms with Gasteiger partial charge < -0.3 is 18.8 Å².